The van der Waals surface area contributed by atoms with Crippen LogP contribution in [0.25, 0.3) is 5.65 Å². The molecule has 0 saturated carbocycles. The van der Waals surface area contributed by atoms with Crippen molar-refractivity contribution < 1.29 is 14.3 Å². The Morgan fingerprint density at radius 2 is 1.79 bits per heavy atom. The Morgan fingerprint density at radius 1 is 0.971 bits per heavy atom. The second kappa shape index (κ2) is 10.7. The summed E-state index contributed by atoms with van der Waals surface area (Å²) in [6, 6.07) is 17.2. The Kier molecular flexibility index (Phi) is 7.22. The highest BCUT2D eigenvalue weighted by Crippen LogP contribution is 2.24. The summed E-state index contributed by atoms with van der Waals surface area (Å²) in [5.74, 6) is 2.85. The Labute approximate surface area is 198 Å². The first-order valence-corrected chi connectivity index (χ1v) is 11.1. The van der Waals surface area contributed by atoms with Gasteiger partial charge in [0.1, 0.15) is 17.3 Å². The maximum atomic E-state index is 12.3. The largest absolute Gasteiger partial charge is 0.497 e. The zero-order chi connectivity index (χ0) is 23.9. The Hall–Kier alpha value is -4.14. The van der Waals surface area contributed by atoms with Gasteiger partial charge in [-0.3, -0.25) is 4.79 Å². The van der Waals surface area contributed by atoms with Gasteiger partial charge in [-0.1, -0.05) is 17.7 Å². The fraction of sp³-hybridized carbons (Fsp3) is 0.280. The molecule has 34 heavy (non-hydrogen) atoms. The van der Waals surface area contributed by atoms with E-state index in [1.165, 1.54) is 0 Å². The molecule has 0 fully saturated rings. The zero-order valence-corrected chi connectivity index (χ0v) is 19.5. The Morgan fingerprint density at radius 3 is 2.56 bits per heavy atom. The van der Waals surface area contributed by atoms with E-state index in [1.807, 2.05) is 61.5 Å². The van der Waals surface area contributed by atoms with E-state index in [-0.39, 0.29) is 12.3 Å². The third kappa shape index (κ3) is 5.61. The zero-order valence-electron chi connectivity index (χ0n) is 19.5. The van der Waals surface area contributed by atoms with Gasteiger partial charge in [-0.05, 0) is 61.4 Å². The number of hydrogen-bond acceptors (Lipinski definition) is 7. The van der Waals surface area contributed by atoms with E-state index in [1.54, 1.807) is 18.7 Å². The van der Waals surface area contributed by atoms with E-state index in [0.717, 1.165) is 34.7 Å². The van der Waals surface area contributed by atoms with Crippen LogP contribution in [0.3, 0.4) is 0 Å². The fourth-order valence-corrected chi connectivity index (χ4v) is 3.57. The summed E-state index contributed by atoms with van der Waals surface area (Å²) in [5, 5.41) is 19.2. The summed E-state index contributed by atoms with van der Waals surface area (Å²) < 4.78 is 12.4. The number of anilines is 2. The second-order valence-corrected chi connectivity index (χ2v) is 7.87. The normalized spacial score (nSPS) is 10.8. The van der Waals surface area contributed by atoms with Gasteiger partial charge in [-0.25, -0.2) is 0 Å². The number of nitrogens with one attached hydrogen (secondary N) is 2. The number of rotatable bonds is 10. The highest BCUT2D eigenvalue weighted by atomic mass is 16.5. The Balaban J connectivity index is 1.36. The van der Waals surface area contributed by atoms with Gasteiger partial charge in [-0.15, -0.1) is 15.3 Å². The van der Waals surface area contributed by atoms with Crippen molar-refractivity contribution in [3.05, 3.63) is 71.5 Å². The molecule has 0 bridgehead atoms. The predicted molar refractivity (Wildman–Crippen MR) is 131 cm³/mol. The molecule has 0 aliphatic carbocycles. The lowest BCUT2D eigenvalue weighted by atomic mass is 10.1. The molecule has 0 atom stereocenters. The van der Waals surface area contributed by atoms with Crippen LogP contribution in [-0.2, 0) is 17.6 Å². The molecule has 0 aliphatic heterocycles. The number of carbonyl (C=O) groups is 1. The predicted octanol–water partition coefficient (Wildman–Crippen LogP) is 3.68. The van der Waals surface area contributed by atoms with Gasteiger partial charge in [0.2, 0.25) is 5.91 Å². The molecule has 4 rings (SSSR count). The van der Waals surface area contributed by atoms with E-state index >= 15 is 0 Å². The van der Waals surface area contributed by atoms with Crippen molar-refractivity contribution in [3.63, 3.8) is 0 Å². The molecule has 0 aliphatic rings. The topological polar surface area (TPSA) is 103 Å². The first-order valence-electron chi connectivity index (χ1n) is 11.1. The quantitative estimate of drug-likeness (QED) is 0.372. The van der Waals surface area contributed by atoms with Crippen LogP contribution in [-0.4, -0.2) is 46.5 Å². The number of fused-ring (bicyclic) bond motifs is 1. The first kappa shape index (κ1) is 23.0. The van der Waals surface area contributed by atoms with E-state index in [4.69, 9.17) is 9.47 Å². The van der Waals surface area contributed by atoms with Gasteiger partial charge in [0.15, 0.2) is 11.5 Å². The van der Waals surface area contributed by atoms with Gasteiger partial charge in [0.25, 0.3) is 0 Å². The van der Waals surface area contributed by atoms with Crippen LogP contribution in [0.15, 0.2) is 54.6 Å². The minimum atomic E-state index is -0.0814. The molecular formula is C25H28N6O3. The molecule has 2 heterocycles. The lowest BCUT2D eigenvalue weighted by Crippen LogP contribution is -2.14. The van der Waals surface area contributed by atoms with Gasteiger partial charge in [0.05, 0.1) is 14.2 Å². The molecule has 0 unspecified atom stereocenters. The van der Waals surface area contributed by atoms with Crippen molar-refractivity contribution in [2.75, 3.05) is 31.4 Å². The van der Waals surface area contributed by atoms with Crippen LogP contribution in [0.4, 0.5) is 11.5 Å². The smallest absolute Gasteiger partial charge is 0.224 e. The number of aromatic nitrogens is 4. The molecule has 1 amide bonds. The second-order valence-electron chi connectivity index (χ2n) is 7.87. The SMILES string of the molecule is COc1ccc(OC)c(CCNc2ccc3nnc(CCC(=O)Nc4ccc(C)cc4)n3n2)c1. The maximum Gasteiger partial charge on any atom is 0.224 e. The third-order valence-electron chi connectivity index (χ3n) is 5.43. The minimum absolute atomic E-state index is 0.0814. The molecule has 176 valence electrons. The highest BCUT2D eigenvalue weighted by molar-refractivity contribution is 5.90. The lowest BCUT2D eigenvalue weighted by molar-refractivity contribution is -0.116. The van der Waals surface area contributed by atoms with Crippen molar-refractivity contribution in [2.24, 2.45) is 0 Å². The summed E-state index contributed by atoms with van der Waals surface area (Å²) in [5.41, 5.74) is 3.60. The fourth-order valence-electron chi connectivity index (χ4n) is 3.57. The monoisotopic (exact) mass is 460 g/mol. The molecule has 4 aromatic rings. The first-order chi connectivity index (χ1) is 16.6. The number of benzene rings is 2. The number of hydrogen-bond donors (Lipinski definition) is 2. The lowest BCUT2D eigenvalue weighted by Gasteiger charge is -2.11. The number of methoxy groups -OCH3 is 2. The van der Waals surface area contributed by atoms with Crippen molar-refractivity contribution in [1.82, 2.24) is 19.8 Å². The van der Waals surface area contributed by atoms with Crippen LogP contribution < -0.4 is 20.1 Å². The van der Waals surface area contributed by atoms with Crippen molar-refractivity contribution in [1.29, 1.82) is 0 Å². The summed E-state index contributed by atoms with van der Waals surface area (Å²) >= 11 is 0. The average Bonchev–Trinajstić information content (AvgIpc) is 3.26. The summed E-state index contributed by atoms with van der Waals surface area (Å²) in [4.78, 5) is 12.3. The molecule has 9 heteroatoms. The standard InChI is InChI=1S/C25H28N6O3/c1-17-4-6-19(7-5-17)27-25(32)13-12-24-29-28-23-11-10-22(30-31(23)24)26-15-14-18-16-20(33-2)8-9-21(18)34-3/h4-11,16H,12-15H2,1-3H3,(H,26,30)(H,27,32). The van der Waals surface area contributed by atoms with Crippen LogP contribution in [0.1, 0.15) is 23.4 Å². The van der Waals surface area contributed by atoms with Crippen molar-refractivity contribution in [3.8, 4) is 11.5 Å². The number of ether oxygens (including phenoxy) is 2. The summed E-state index contributed by atoms with van der Waals surface area (Å²) in [7, 11) is 3.30. The number of carbonyl (C=O) groups excluding carboxylic acids is 1. The Bertz CT molecular complexity index is 1270. The molecule has 2 N–H and O–H groups in total. The van der Waals surface area contributed by atoms with Crippen molar-refractivity contribution >= 4 is 23.1 Å². The molecule has 0 saturated heterocycles. The van der Waals surface area contributed by atoms with Gasteiger partial charge >= 0.3 is 0 Å². The molecule has 2 aromatic heterocycles. The molecule has 0 radical (unpaired) electrons. The van der Waals surface area contributed by atoms with Crippen LogP contribution >= 0.6 is 0 Å². The highest BCUT2D eigenvalue weighted by Gasteiger charge is 2.11. The maximum absolute atomic E-state index is 12.3. The third-order valence-corrected chi connectivity index (χ3v) is 5.43. The molecule has 2 aromatic carbocycles. The van der Waals surface area contributed by atoms with E-state index in [2.05, 4.69) is 25.9 Å². The summed E-state index contributed by atoms with van der Waals surface area (Å²) in [6.07, 6.45) is 1.44. The van der Waals surface area contributed by atoms with Gasteiger partial charge < -0.3 is 20.1 Å². The molecule has 9 nitrogen and oxygen atoms in total. The van der Waals surface area contributed by atoms with E-state index in [0.29, 0.717) is 30.3 Å². The average molecular weight is 461 g/mol. The van der Waals surface area contributed by atoms with E-state index < -0.39 is 0 Å². The summed E-state index contributed by atoms with van der Waals surface area (Å²) in [6.45, 7) is 2.66. The van der Waals surface area contributed by atoms with Crippen LogP contribution in [0.2, 0.25) is 0 Å². The minimum Gasteiger partial charge on any atom is -0.497 e. The van der Waals surface area contributed by atoms with Crippen LogP contribution in [0.5, 0.6) is 11.5 Å². The van der Waals surface area contributed by atoms with Gasteiger partial charge in [0, 0.05) is 25.1 Å². The molecule has 0 spiro atoms. The van der Waals surface area contributed by atoms with E-state index in [9.17, 15) is 4.79 Å². The van der Waals surface area contributed by atoms with Crippen molar-refractivity contribution in [2.45, 2.75) is 26.2 Å². The van der Waals surface area contributed by atoms with Crippen LogP contribution in [0, 0.1) is 6.92 Å². The number of nitrogens with zero attached hydrogens (tertiary/aromatic N) is 4. The molecular weight excluding hydrogens is 432 g/mol. The number of aryl methyl sites for hydroxylation is 2. The number of amides is 1. The van der Waals surface area contributed by atoms with Gasteiger partial charge in [-0.2, -0.15) is 4.52 Å².